The van der Waals surface area contributed by atoms with Crippen LogP contribution in [0.25, 0.3) is 0 Å². The first-order chi connectivity index (χ1) is 11.6. The van der Waals surface area contributed by atoms with E-state index in [1.54, 1.807) is 4.90 Å². The van der Waals surface area contributed by atoms with Crippen LogP contribution in [0.5, 0.6) is 0 Å². The molecule has 1 aromatic rings. The van der Waals surface area contributed by atoms with Crippen molar-refractivity contribution in [3.05, 3.63) is 30.3 Å². The highest BCUT2D eigenvalue weighted by molar-refractivity contribution is 5.86. The van der Waals surface area contributed by atoms with E-state index in [4.69, 9.17) is 4.74 Å². The van der Waals surface area contributed by atoms with Crippen molar-refractivity contribution in [2.45, 2.75) is 43.4 Å². The number of ether oxygens (including phenoxy) is 1. The van der Waals surface area contributed by atoms with E-state index >= 15 is 0 Å². The largest absolute Gasteiger partial charge is 0.369 e. The number of para-hydroxylation sites is 1. The first-order valence-electron chi connectivity index (χ1n) is 9.03. The van der Waals surface area contributed by atoms with E-state index in [0.29, 0.717) is 32.5 Å². The fourth-order valence-electron chi connectivity index (χ4n) is 4.21. The lowest BCUT2D eigenvalue weighted by Gasteiger charge is -2.50. The van der Waals surface area contributed by atoms with E-state index in [0.717, 1.165) is 32.4 Å². The minimum atomic E-state index is -1.60. The summed E-state index contributed by atoms with van der Waals surface area (Å²) >= 11 is 0. The number of piperidine rings is 1. The zero-order valence-electron chi connectivity index (χ0n) is 14.0. The van der Waals surface area contributed by atoms with Gasteiger partial charge in [-0.05, 0) is 44.2 Å². The standard InChI is InChI=1S/C19H25FN2O2/c20-19(9-4-10-19)17(23)22-12-13-24-18(15-22)8-5-11-21(14-18)16-6-2-1-3-7-16/h1-3,6-7H,4-5,8-15H2. The van der Waals surface area contributed by atoms with E-state index in [9.17, 15) is 9.18 Å². The second-order valence-electron chi connectivity index (χ2n) is 7.44. The molecule has 1 aromatic carbocycles. The third kappa shape index (κ3) is 2.79. The summed E-state index contributed by atoms with van der Waals surface area (Å²) in [6.07, 6.45) is 3.54. The predicted molar refractivity (Wildman–Crippen MR) is 90.8 cm³/mol. The van der Waals surface area contributed by atoms with Crippen molar-refractivity contribution in [2.24, 2.45) is 0 Å². The van der Waals surface area contributed by atoms with Crippen LogP contribution in [0.4, 0.5) is 10.1 Å². The zero-order valence-corrected chi connectivity index (χ0v) is 14.0. The van der Waals surface area contributed by atoms with Gasteiger partial charge in [0.1, 0.15) is 5.60 Å². The molecule has 1 aliphatic carbocycles. The molecule has 0 N–H and O–H groups in total. The number of alkyl halides is 1. The van der Waals surface area contributed by atoms with Gasteiger partial charge in [-0.1, -0.05) is 18.2 Å². The van der Waals surface area contributed by atoms with Crippen molar-refractivity contribution >= 4 is 11.6 Å². The van der Waals surface area contributed by atoms with Crippen LogP contribution < -0.4 is 4.90 Å². The maximum Gasteiger partial charge on any atom is 0.260 e. The smallest absolute Gasteiger partial charge is 0.260 e. The normalized spacial score (nSPS) is 29.4. The number of halogens is 1. The van der Waals surface area contributed by atoms with Crippen molar-refractivity contribution in [3.63, 3.8) is 0 Å². The molecular weight excluding hydrogens is 307 g/mol. The maximum atomic E-state index is 14.5. The van der Waals surface area contributed by atoms with Gasteiger partial charge in [-0.25, -0.2) is 4.39 Å². The Labute approximate surface area is 142 Å². The minimum Gasteiger partial charge on any atom is -0.369 e. The Hall–Kier alpha value is -1.62. The molecule has 3 aliphatic rings. The summed E-state index contributed by atoms with van der Waals surface area (Å²) in [5.74, 6) is -0.312. The van der Waals surface area contributed by atoms with Crippen LogP contribution in [0, 0.1) is 0 Å². The molecule has 2 saturated heterocycles. The molecule has 0 aromatic heterocycles. The predicted octanol–water partition coefficient (Wildman–Crippen LogP) is 2.78. The molecule has 5 heteroatoms. The van der Waals surface area contributed by atoms with Gasteiger partial charge in [0.15, 0.2) is 5.67 Å². The first kappa shape index (κ1) is 15.9. The summed E-state index contributed by atoms with van der Waals surface area (Å²) < 4.78 is 20.7. The fourth-order valence-corrected chi connectivity index (χ4v) is 4.21. The third-order valence-electron chi connectivity index (χ3n) is 5.73. The first-order valence-corrected chi connectivity index (χ1v) is 9.03. The second kappa shape index (κ2) is 6.03. The van der Waals surface area contributed by atoms with Gasteiger partial charge in [-0.15, -0.1) is 0 Å². The lowest BCUT2D eigenvalue weighted by atomic mass is 9.80. The molecule has 4 rings (SSSR count). The quantitative estimate of drug-likeness (QED) is 0.835. The van der Waals surface area contributed by atoms with Crippen LogP contribution in [0.1, 0.15) is 32.1 Å². The molecule has 1 spiro atoms. The van der Waals surface area contributed by atoms with Crippen LogP contribution in [-0.2, 0) is 9.53 Å². The molecule has 130 valence electrons. The number of nitrogens with zero attached hydrogens (tertiary/aromatic N) is 2. The number of hydrogen-bond acceptors (Lipinski definition) is 3. The monoisotopic (exact) mass is 332 g/mol. The van der Waals surface area contributed by atoms with Crippen LogP contribution in [0.15, 0.2) is 30.3 Å². The third-order valence-corrected chi connectivity index (χ3v) is 5.73. The summed E-state index contributed by atoms with van der Waals surface area (Å²) in [5.41, 5.74) is -0.779. The molecule has 2 heterocycles. The lowest BCUT2D eigenvalue weighted by Crippen LogP contribution is -2.63. The molecule has 2 aliphatic heterocycles. The van der Waals surface area contributed by atoms with Crippen molar-refractivity contribution in [1.82, 2.24) is 4.90 Å². The molecule has 0 bridgehead atoms. The van der Waals surface area contributed by atoms with E-state index in [1.165, 1.54) is 5.69 Å². The number of hydrogen-bond donors (Lipinski definition) is 0. The molecule has 1 amide bonds. The van der Waals surface area contributed by atoms with Crippen molar-refractivity contribution in [3.8, 4) is 0 Å². The molecule has 1 unspecified atom stereocenters. The summed E-state index contributed by atoms with van der Waals surface area (Å²) in [7, 11) is 0. The van der Waals surface area contributed by atoms with Gasteiger partial charge in [-0.3, -0.25) is 4.79 Å². The average molecular weight is 332 g/mol. The molecule has 4 nitrogen and oxygen atoms in total. The van der Waals surface area contributed by atoms with Gasteiger partial charge in [0.25, 0.3) is 5.91 Å². The highest BCUT2D eigenvalue weighted by atomic mass is 19.1. The summed E-state index contributed by atoms with van der Waals surface area (Å²) in [6.45, 7) is 3.29. The number of carbonyl (C=O) groups excluding carboxylic acids is 1. The highest BCUT2D eigenvalue weighted by Gasteiger charge is 2.50. The van der Waals surface area contributed by atoms with Gasteiger partial charge in [0.05, 0.1) is 13.2 Å². The Morgan fingerprint density at radius 3 is 2.54 bits per heavy atom. The average Bonchev–Trinajstić information content (AvgIpc) is 2.60. The van der Waals surface area contributed by atoms with Crippen LogP contribution in [-0.4, -0.2) is 54.9 Å². The Bertz CT molecular complexity index is 601. The summed E-state index contributed by atoms with van der Waals surface area (Å²) in [5, 5.41) is 0. The number of rotatable bonds is 2. The molecule has 3 fully saturated rings. The number of carbonyl (C=O) groups is 1. The van der Waals surface area contributed by atoms with Gasteiger partial charge >= 0.3 is 0 Å². The van der Waals surface area contributed by atoms with Gasteiger partial charge in [0, 0.05) is 25.3 Å². The second-order valence-corrected chi connectivity index (χ2v) is 7.44. The Balaban J connectivity index is 1.48. The summed E-state index contributed by atoms with van der Waals surface area (Å²) in [4.78, 5) is 16.6. The van der Waals surface area contributed by atoms with Crippen LogP contribution >= 0.6 is 0 Å². The number of amides is 1. The number of morpholine rings is 1. The molecule has 1 saturated carbocycles. The van der Waals surface area contributed by atoms with E-state index in [1.807, 2.05) is 18.2 Å². The fraction of sp³-hybridized carbons (Fsp3) is 0.632. The van der Waals surface area contributed by atoms with E-state index < -0.39 is 5.67 Å². The van der Waals surface area contributed by atoms with E-state index in [-0.39, 0.29) is 11.5 Å². The summed E-state index contributed by atoms with van der Waals surface area (Å²) in [6, 6.07) is 10.3. The van der Waals surface area contributed by atoms with Crippen molar-refractivity contribution < 1.29 is 13.9 Å². The molecule has 0 radical (unpaired) electrons. The maximum absolute atomic E-state index is 14.5. The molecule has 1 atom stereocenters. The van der Waals surface area contributed by atoms with Gasteiger partial charge in [-0.2, -0.15) is 0 Å². The van der Waals surface area contributed by atoms with Crippen LogP contribution in [0.2, 0.25) is 0 Å². The van der Waals surface area contributed by atoms with Gasteiger partial charge in [0.2, 0.25) is 0 Å². The zero-order chi connectivity index (χ0) is 16.6. The van der Waals surface area contributed by atoms with Crippen LogP contribution in [0.3, 0.4) is 0 Å². The Morgan fingerprint density at radius 2 is 1.83 bits per heavy atom. The van der Waals surface area contributed by atoms with Gasteiger partial charge < -0.3 is 14.5 Å². The molecule has 24 heavy (non-hydrogen) atoms. The molecular formula is C19H25FN2O2. The number of anilines is 1. The van der Waals surface area contributed by atoms with Crippen molar-refractivity contribution in [2.75, 3.05) is 37.7 Å². The van der Waals surface area contributed by atoms with Crippen molar-refractivity contribution in [1.29, 1.82) is 0 Å². The topological polar surface area (TPSA) is 32.8 Å². The Morgan fingerprint density at radius 1 is 1.04 bits per heavy atom. The SMILES string of the molecule is O=C(N1CCOC2(CCCN(c3ccccc3)C2)C1)C1(F)CCC1. The number of benzene rings is 1. The highest BCUT2D eigenvalue weighted by Crippen LogP contribution is 2.39. The Kier molecular flexibility index (Phi) is 3.99. The minimum absolute atomic E-state index is 0.312. The lowest BCUT2D eigenvalue weighted by molar-refractivity contribution is -0.168. The van der Waals surface area contributed by atoms with E-state index in [2.05, 4.69) is 17.0 Å².